The highest BCUT2D eigenvalue weighted by Gasteiger charge is 2.08. The number of carbonyl (C=O) groups is 1. The average molecular weight is 205 g/mol. The Kier molecular flexibility index (Phi) is 5.05. The second kappa shape index (κ2) is 6.36. The molecule has 1 N–H and O–H groups in total. The van der Waals surface area contributed by atoms with Crippen molar-refractivity contribution in [1.82, 2.24) is 5.32 Å². The van der Waals surface area contributed by atoms with Crippen LogP contribution in [-0.4, -0.2) is 12.3 Å². The molecule has 0 spiro atoms. The first-order valence-electron chi connectivity index (χ1n) is 5.45. The molecular weight excluding hydrogens is 186 g/mol. The number of hydrogen-bond acceptors (Lipinski definition) is 2. The molecule has 1 rings (SSSR count). The predicted molar refractivity (Wildman–Crippen MR) is 62.6 cm³/mol. The Balaban J connectivity index is 2.38. The van der Waals surface area contributed by atoms with Crippen LogP contribution in [0.4, 0.5) is 0 Å². The molecule has 0 saturated heterocycles. The van der Waals surface area contributed by atoms with Crippen LogP contribution < -0.4 is 5.32 Å². The Morgan fingerprint density at radius 3 is 2.47 bits per heavy atom. The van der Waals surface area contributed by atoms with Crippen LogP contribution in [0.25, 0.3) is 0 Å². The summed E-state index contributed by atoms with van der Waals surface area (Å²) in [4.78, 5) is 10.8. The molecule has 82 valence electrons. The van der Waals surface area contributed by atoms with Crippen molar-refractivity contribution in [2.24, 2.45) is 5.92 Å². The number of rotatable bonds is 6. The first kappa shape index (κ1) is 11.9. The topological polar surface area (TPSA) is 29.1 Å². The lowest BCUT2D eigenvalue weighted by Gasteiger charge is -2.14. The molecule has 0 aliphatic rings. The van der Waals surface area contributed by atoms with E-state index in [-0.39, 0.29) is 6.04 Å². The minimum Gasteiger partial charge on any atom is -0.304 e. The Morgan fingerprint density at radius 2 is 1.93 bits per heavy atom. The molecule has 0 saturated carbocycles. The fourth-order valence-electron chi connectivity index (χ4n) is 1.54. The zero-order valence-corrected chi connectivity index (χ0v) is 9.44. The number of nitrogens with one attached hydrogen (secondary N) is 1. The molecule has 0 radical (unpaired) electrons. The van der Waals surface area contributed by atoms with Gasteiger partial charge < -0.3 is 10.1 Å². The molecule has 0 unspecified atom stereocenters. The van der Waals surface area contributed by atoms with E-state index in [2.05, 4.69) is 31.3 Å². The smallest absolute Gasteiger partial charge is 0.136 e. The van der Waals surface area contributed by atoms with Crippen molar-refractivity contribution in [3.8, 4) is 0 Å². The van der Waals surface area contributed by atoms with Crippen molar-refractivity contribution < 1.29 is 4.79 Å². The molecule has 0 aliphatic carbocycles. The summed E-state index contributed by atoms with van der Waals surface area (Å²) < 4.78 is 0. The van der Waals surface area contributed by atoms with E-state index in [0.29, 0.717) is 5.92 Å². The number of carbonyl (C=O) groups excluding carboxylic acids is 1. The lowest BCUT2D eigenvalue weighted by atomic mass is 10.0. The molecule has 1 aromatic rings. The maximum Gasteiger partial charge on any atom is 0.136 e. The van der Waals surface area contributed by atoms with Crippen molar-refractivity contribution in [3.05, 3.63) is 35.9 Å². The molecule has 0 amide bonds. The van der Waals surface area contributed by atoms with Gasteiger partial charge in [0, 0.05) is 6.54 Å². The number of benzene rings is 1. The van der Waals surface area contributed by atoms with Gasteiger partial charge >= 0.3 is 0 Å². The Bertz CT molecular complexity index is 282. The van der Waals surface area contributed by atoms with Crippen LogP contribution >= 0.6 is 0 Å². The minimum absolute atomic E-state index is 0.0230. The molecular formula is C13H19NO. The van der Waals surface area contributed by atoms with Crippen LogP contribution in [0.2, 0.25) is 0 Å². The summed E-state index contributed by atoms with van der Waals surface area (Å²) in [5.41, 5.74) is 1.22. The van der Waals surface area contributed by atoms with Crippen LogP contribution in [0, 0.1) is 5.92 Å². The second-order valence-electron chi connectivity index (χ2n) is 4.24. The van der Waals surface area contributed by atoms with E-state index in [0.717, 1.165) is 19.3 Å². The highest BCUT2D eigenvalue weighted by molar-refractivity contribution is 5.57. The standard InChI is InChI=1S/C13H19NO/c1-11(2)8-13(10-15)14-9-12-6-4-3-5-7-12/h3-7,10-11,13-14H,8-9H2,1-2H3/t13-/m0/s1. The Hall–Kier alpha value is -1.15. The van der Waals surface area contributed by atoms with E-state index in [9.17, 15) is 4.79 Å². The van der Waals surface area contributed by atoms with Crippen molar-refractivity contribution in [2.45, 2.75) is 32.9 Å². The molecule has 2 nitrogen and oxygen atoms in total. The van der Waals surface area contributed by atoms with Gasteiger partial charge in [-0.05, 0) is 17.9 Å². The van der Waals surface area contributed by atoms with Gasteiger partial charge in [0.25, 0.3) is 0 Å². The molecule has 1 atom stereocenters. The van der Waals surface area contributed by atoms with Gasteiger partial charge in [-0.25, -0.2) is 0 Å². The maximum atomic E-state index is 10.8. The van der Waals surface area contributed by atoms with Gasteiger partial charge in [0.15, 0.2) is 0 Å². The third-order valence-corrected chi connectivity index (χ3v) is 2.30. The van der Waals surface area contributed by atoms with E-state index in [1.807, 2.05) is 18.2 Å². The van der Waals surface area contributed by atoms with Crippen molar-refractivity contribution in [2.75, 3.05) is 0 Å². The molecule has 1 aromatic carbocycles. The largest absolute Gasteiger partial charge is 0.304 e. The van der Waals surface area contributed by atoms with E-state index >= 15 is 0 Å². The average Bonchev–Trinajstić information content (AvgIpc) is 2.25. The van der Waals surface area contributed by atoms with Crippen LogP contribution in [-0.2, 0) is 11.3 Å². The van der Waals surface area contributed by atoms with Gasteiger partial charge in [0.05, 0.1) is 6.04 Å². The van der Waals surface area contributed by atoms with E-state index in [4.69, 9.17) is 0 Å². The summed E-state index contributed by atoms with van der Waals surface area (Å²) in [5, 5.41) is 3.25. The maximum absolute atomic E-state index is 10.8. The molecule has 15 heavy (non-hydrogen) atoms. The third kappa shape index (κ3) is 4.75. The van der Waals surface area contributed by atoms with E-state index < -0.39 is 0 Å². The summed E-state index contributed by atoms with van der Waals surface area (Å²) in [5.74, 6) is 0.545. The van der Waals surface area contributed by atoms with Crippen LogP contribution in [0.1, 0.15) is 25.8 Å². The predicted octanol–water partition coefficient (Wildman–Crippen LogP) is 2.39. The normalized spacial score (nSPS) is 12.7. The number of aldehydes is 1. The van der Waals surface area contributed by atoms with Crippen molar-refractivity contribution >= 4 is 6.29 Å². The first-order valence-corrected chi connectivity index (χ1v) is 5.45. The van der Waals surface area contributed by atoms with Crippen LogP contribution in [0.3, 0.4) is 0 Å². The molecule has 0 fully saturated rings. The lowest BCUT2D eigenvalue weighted by Crippen LogP contribution is -2.31. The summed E-state index contributed by atoms with van der Waals surface area (Å²) in [6.07, 6.45) is 1.90. The minimum atomic E-state index is -0.0230. The third-order valence-electron chi connectivity index (χ3n) is 2.30. The fraction of sp³-hybridized carbons (Fsp3) is 0.462. The Morgan fingerprint density at radius 1 is 1.27 bits per heavy atom. The van der Waals surface area contributed by atoms with E-state index in [1.165, 1.54) is 5.56 Å². The zero-order valence-electron chi connectivity index (χ0n) is 9.44. The fourth-order valence-corrected chi connectivity index (χ4v) is 1.54. The molecule has 0 aliphatic heterocycles. The SMILES string of the molecule is CC(C)C[C@@H](C=O)NCc1ccccc1. The Labute approximate surface area is 91.7 Å². The van der Waals surface area contributed by atoms with Gasteiger partial charge in [-0.15, -0.1) is 0 Å². The van der Waals surface area contributed by atoms with Crippen molar-refractivity contribution in [3.63, 3.8) is 0 Å². The zero-order chi connectivity index (χ0) is 11.1. The van der Waals surface area contributed by atoms with Crippen LogP contribution in [0.15, 0.2) is 30.3 Å². The molecule has 2 heteroatoms. The lowest BCUT2D eigenvalue weighted by molar-refractivity contribution is -0.109. The first-order chi connectivity index (χ1) is 7.22. The summed E-state index contributed by atoms with van der Waals surface area (Å²) in [6.45, 7) is 5.01. The molecule has 0 heterocycles. The molecule has 0 aromatic heterocycles. The van der Waals surface area contributed by atoms with Crippen molar-refractivity contribution in [1.29, 1.82) is 0 Å². The van der Waals surface area contributed by atoms with Crippen LogP contribution in [0.5, 0.6) is 0 Å². The quantitative estimate of drug-likeness (QED) is 0.722. The van der Waals surface area contributed by atoms with Gasteiger partial charge in [-0.3, -0.25) is 0 Å². The second-order valence-corrected chi connectivity index (χ2v) is 4.24. The molecule has 0 bridgehead atoms. The van der Waals surface area contributed by atoms with Gasteiger partial charge in [-0.1, -0.05) is 44.2 Å². The monoisotopic (exact) mass is 205 g/mol. The van der Waals surface area contributed by atoms with Gasteiger partial charge in [0.1, 0.15) is 6.29 Å². The highest BCUT2D eigenvalue weighted by Crippen LogP contribution is 2.04. The summed E-state index contributed by atoms with van der Waals surface area (Å²) >= 11 is 0. The summed E-state index contributed by atoms with van der Waals surface area (Å²) in [7, 11) is 0. The van der Waals surface area contributed by atoms with E-state index in [1.54, 1.807) is 0 Å². The summed E-state index contributed by atoms with van der Waals surface area (Å²) in [6, 6.07) is 10.1. The van der Waals surface area contributed by atoms with Gasteiger partial charge in [0.2, 0.25) is 0 Å². The number of hydrogen-bond donors (Lipinski definition) is 1. The highest BCUT2D eigenvalue weighted by atomic mass is 16.1. The van der Waals surface area contributed by atoms with Gasteiger partial charge in [-0.2, -0.15) is 0 Å².